The van der Waals surface area contributed by atoms with E-state index in [9.17, 15) is 4.79 Å². The fraction of sp³-hybridized carbons (Fsp3) is 0.200. The molecule has 0 spiro atoms. The van der Waals surface area contributed by atoms with Crippen LogP contribution in [0.3, 0.4) is 0 Å². The van der Waals surface area contributed by atoms with Gasteiger partial charge >= 0.3 is 5.97 Å². The second-order valence-electron chi connectivity index (χ2n) is 3.06. The molecular formula is C10H10N2O3. The molecule has 0 radical (unpaired) electrons. The highest BCUT2D eigenvalue weighted by Gasteiger charge is 2.04. The molecule has 2 aromatic heterocycles. The van der Waals surface area contributed by atoms with E-state index in [0.717, 1.165) is 11.0 Å². The largest absolute Gasteiger partial charge is 0.481 e. The molecule has 2 N–H and O–H groups in total. The van der Waals surface area contributed by atoms with Crippen molar-refractivity contribution >= 4 is 22.8 Å². The number of nitrogens with one attached hydrogen (secondary N) is 1. The van der Waals surface area contributed by atoms with Crippen molar-refractivity contribution in [2.75, 3.05) is 11.9 Å². The van der Waals surface area contributed by atoms with Crippen LogP contribution in [-0.4, -0.2) is 22.6 Å². The Morgan fingerprint density at radius 3 is 3.20 bits per heavy atom. The van der Waals surface area contributed by atoms with Crippen LogP contribution in [0, 0.1) is 0 Å². The fourth-order valence-corrected chi connectivity index (χ4v) is 1.32. The van der Waals surface area contributed by atoms with Crippen molar-refractivity contribution in [2.24, 2.45) is 0 Å². The van der Waals surface area contributed by atoms with Crippen molar-refractivity contribution in [1.82, 2.24) is 4.98 Å². The first-order valence-electron chi connectivity index (χ1n) is 4.55. The number of furan rings is 1. The van der Waals surface area contributed by atoms with Gasteiger partial charge in [0, 0.05) is 12.7 Å². The van der Waals surface area contributed by atoms with E-state index in [1.807, 2.05) is 0 Å². The van der Waals surface area contributed by atoms with Gasteiger partial charge in [0.05, 0.1) is 18.1 Å². The molecule has 2 heterocycles. The van der Waals surface area contributed by atoms with E-state index in [4.69, 9.17) is 9.52 Å². The summed E-state index contributed by atoms with van der Waals surface area (Å²) in [6.07, 6.45) is 3.26. The number of anilines is 1. The standard InChI is InChI=1S/C10H10N2O3/c13-9(14)2-5-12-10-7-3-6-15-8(7)1-4-11-10/h1,3-4,6H,2,5H2,(H,11,12)(H,13,14). The average molecular weight is 206 g/mol. The molecule has 0 amide bonds. The van der Waals surface area contributed by atoms with Crippen LogP contribution in [0.1, 0.15) is 6.42 Å². The van der Waals surface area contributed by atoms with E-state index < -0.39 is 5.97 Å². The van der Waals surface area contributed by atoms with E-state index in [1.54, 1.807) is 24.6 Å². The van der Waals surface area contributed by atoms with Gasteiger partial charge in [-0.3, -0.25) is 4.79 Å². The minimum absolute atomic E-state index is 0.0654. The lowest BCUT2D eigenvalue weighted by Crippen LogP contribution is -2.08. The SMILES string of the molecule is O=C(O)CCNc1nccc2occc12. The predicted molar refractivity (Wildman–Crippen MR) is 54.8 cm³/mol. The van der Waals surface area contributed by atoms with E-state index in [-0.39, 0.29) is 6.42 Å². The van der Waals surface area contributed by atoms with Gasteiger partial charge in [0.25, 0.3) is 0 Å². The Balaban J connectivity index is 2.13. The summed E-state index contributed by atoms with van der Waals surface area (Å²) in [5.74, 6) is -0.177. The van der Waals surface area contributed by atoms with Crippen molar-refractivity contribution in [3.05, 3.63) is 24.6 Å². The Kier molecular flexibility index (Phi) is 2.53. The van der Waals surface area contributed by atoms with Gasteiger partial charge in [0.15, 0.2) is 0 Å². The van der Waals surface area contributed by atoms with Gasteiger partial charge in [-0.1, -0.05) is 0 Å². The zero-order valence-corrected chi connectivity index (χ0v) is 7.93. The smallest absolute Gasteiger partial charge is 0.305 e. The number of carboxylic acids is 1. The highest BCUT2D eigenvalue weighted by Crippen LogP contribution is 2.21. The third-order valence-electron chi connectivity index (χ3n) is 2.01. The van der Waals surface area contributed by atoms with Gasteiger partial charge < -0.3 is 14.8 Å². The van der Waals surface area contributed by atoms with Gasteiger partial charge in [-0.05, 0) is 12.1 Å². The van der Waals surface area contributed by atoms with Gasteiger partial charge in [0.2, 0.25) is 0 Å². The lowest BCUT2D eigenvalue weighted by molar-refractivity contribution is -0.136. The third-order valence-corrected chi connectivity index (χ3v) is 2.01. The summed E-state index contributed by atoms with van der Waals surface area (Å²) in [6.45, 7) is 0.354. The van der Waals surface area contributed by atoms with Crippen LogP contribution >= 0.6 is 0 Å². The summed E-state index contributed by atoms with van der Waals surface area (Å²) in [5, 5.41) is 12.3. The number of hydrogen-bond donors (Lipinski definition) is 2. The van der Waals surface area contributed by atoms with Crippen LogP contribution < -0.4 is 5.32 Å². The molecule has 2 rings (SSSR count). The van der Waals surface area contributed by atoms with Gasteiger partial charge in [-0.2, -0.15) is 0 Å². The number of fused-ring (bicyclic) bond motifs is 1. The Hall–Kier alpha value is -2.04. The van der Waals surface area contributed by atoms with Crippen molar-refractivity contribution in [3.8, 4) is 0 Å². The minimum atomic E-state index is -0.832. The van der Waals surface area contributed by atoms with Crippen molar-refractivity contribution < 1.29 is 14.3 Å². The quantitative estimate of drug-likeness (QED) is 0.796. The molecule has 0 aromatic carbocycles. The molecule has 5 nitrogen and oxygen atoms in total. The van der Waals surface area contributed by atoms with E-state index >= 15 is 0 Å². The number of nitrogens with zero attached hydrogens (tertiary/aromatic N) is 1. The molecule has 0 saturated carbocycles. The number of pyridine rings is 1. The second-order valence-corrected chi connectivity index (χ2v) is 3.06. The first-order chi connectivity index (χ1) is 7.27. The fourth-order valence-electron chi connectivity index (χ4n) is 1.32. The Morgan fingerprint density at radius 2 is 2.40 bits per heavy atom. The highest BCUT2D eigenvalue weighted by molar-refractivity contribution is 5.87. The number of aromatic nitrogens is 1. The predicted octanol–water partition coefficient (Wildman–Crippen LogP) is 1.71. The summed E-state index contributed by atoms with van der Waals surface area (Å²) in [7, 11) is 0. The lowest BCUT2D eigenvalue weighted by atomic mass is 10.3. The maximum Gasteiger partial charge on any atom is 0.305 e. The molecule has 0 atom stereocenters. The lowest BCUT2D eigenvalue weighted by Gasteiger charge is -2.03. The maximum absolute atomic E-state index is 10.3. The van der Waals surface area contributed by atoms with Gasteiger partial charge in [-0.15, -0.1) is 0 Å². The Labute approximate surface area is 85.7 Å². The van der Waals surface area contributed by atoms with Crippen LogP contribution in [0.4, 0.5) is 5.82 Å². The average Bonchev–Trinajstić information content (AvgIpc) is 2.65. The first-order valence-corrected chi connectivity index (χ1v) is 4.55. The summed E-state index contributed by atoms with van der Waals surface area (Å²) in [6, 6.07) is 3.56. The normalized spacial score (nSPS) is 10.4. The molecular weight excluding hydrogens is 196 g/mol. The Bertz CT molecular complexity index is 478. The molecule has 2 aromatic rings. The molecule has 15 heavy (non-hydrogen) atoms. The molecule has 78 valence electrons. The maximum atomic E-state index is 10.3. The zero-order chi connectivity index (χ0) is 10.7. The molecule has 0 saturated heterocycles. The molecule has 0 aliphatic rings. The van der Waals surface area contributed by atoms with Crippen LogP contribution in [0.5, 0.6) is 0 Å². The summed E-state index contributed by atoms with van der Waals surface area (Å²) < 4.78 is 5.19. The van der Waals surface area contributed by atoms with Crippen LogP contribution in [-0.2, 0) is 4.79 Å². The number of rotatable bonds is 4. The first kappa shape index (κ1) is 9.51. The topological polar surface area (TPSA) is 75.4 Å². The number of carboxylic acid groups (broad SMARTS) is 1. The number of aliphatic carboxylic acids is 1. The van der Waals surface area contributed by atoms with Crippen LogP contribution in [0.25, 0.3) is 11.0 Å². The van der Waals surface area contributed by atoms with E-state index in [0.29, 0.717) is 12.4 Å². The molecule has 5 heteroatoms. The zero-order valence-electron chi connectivity index (χ0n) is 7.93. The second kappa shape index (κ2) is 4.00. The molecule has 0 fully saturated rings. The van der Waals surface area contributed by atoms with Crippen molar-refractivity contribution in [1.29, 1.82) is 0 Å². The highest BCUT2D eigenvalue weighted by atomic mass is 16.4. The summed E-state index contributed by atoms with van der Waals surface area (Å²) in [4.78, 5) is 14.4. The van der Waals surface area contributed by atoms with Crippen molar-refractivity contribution in [3.63, 3.8) is 0 Å². The Morgan fingerprint density at radius 1 is 1.53 bits per heavy atom. The van der Waals surface area contributed by atoms with Gasteiger partial charge in [-0.25, -0.2) is 4.98 Å². The monoisotopic (exact) mass is 206 g/mol. The third kappa shape index (κ3) is 2.07. The van der Waals surface area contributed by atoms with Crippen molar-refractivity contribution in [2.45, 2.75) is 6.42 Å². The van der Waals surface area contributed by atoms with E-state index in [2.05, 4.69) is 10.3 Å². The molecule has 0 aliphatic carbocycles. The molecule has 0 aliphatic heterocycles. The van der Waals surface area contributed by atoms with Crippen LogP contribution in [0.15, 0.2) is 29.0 Å². The van der Waals surface area contributed by atoms with E-state index in [1.165, 1.54) is 0 Å². The molecule has 0 bridgehead atoms. The van der Waals surface area contributed by atoms with Gasteiger partial charge in [0.1, 0.15) is 11.4 Å². The van der Waals surface area contributed by atoms with Crippen LogP contribution in [0.2, 0.25) is 0 Å². The number of hydrogen-bond acceptors (Lipinski definition) is 4. The molecule has 0 unspecified atom stereocenters. The summed E-state index contributed by atoms with van der Waals surface area (Å²) in [5.41, 5.74) is 0.739. The minimum Gasteiger partial charge on any atom is -0.481 e. The number of carbonyl (C=O) groups is 1. The summed E-state index contributed by atoms with van der Waals surface area (Å²) >= 11 is 0.